The topological polar surface area (TPSA) is 134 Å². The first kappa shape index (κ1) is 18.8. The highest BCUT2D eigenvalue weighted by Gasteiger charge is 2.35. The van der Waals surface area contributed by atoms with Gasteiger partial charge < -0.3 is 29.9 Å². The Labute approximate surface area is 116 Å². The Morgan fingerprint density at radius 3 is 1.35 bits per heavy atom. The Morgan fingerprint density at radius 1 is 0.850 bits per heavy atom. The molecule has 4 N–H and O–H groups in total. The molecular weight excluding hydrogens is 272 g/mol. The highest BCUT2D eigenvalue weighted by atomic mass is 16.6. The number of aliphatic hydroxyl groups excluding tert-OH is 4. The first-order valence-corrected chi connectivity index (χ1v) is 6.37. The zero-order valence-electron chi connectivity index (χ0n) is 11.6. The second-order valence-corrected chi connectivity index (χ2v) is 4.11. The highest BCUT2D eigenvalue weighted by Crippen LogP contribution is 2.12. The summed E-state index contributed by atoms with van der Waals surface area (Å²) in [6.45, 7) is 1.62. The van der Waals surface area contributed by atoms with Crippen molar-refractivity contribution in [1.29, 1.82) is 0 Å². The average Bonchev–Trinajstić information content (AvgIpc) is 2.47. The third-order valence-electron chi connectivity index (χ3n) is 2.61. The Hall–Kier alpha value is -1.22. The van der Waals surface area contributed by atoms with Crippen LogP contribution in [-0.4, -0.2) is 70.0 Å². The Kier molecular flexibility index (Phi) is 9.06. The van der Waals surface area contributed by atoms with Crippen LogP contribution in [0.2, 0.25) is 0 Å². The number of ether oxygens (including phenoxy) is 2. The van der Waals surface area contributed by atoms with Crippen LogP contribution in [0.3, 0.4) is 0 Å². The van der Waals surface area contributed by atoms with E-state index in [0.717, 1.165) is 0 Å². The molecular formula is C12H22O8. The molecule has 8 nitrogen and oxygen atoms in total. The minimum Gasteiger partial charge on any atom is -0.457 e. The van der Waals surface area contributed by atoms with E-state index >= 15 is 0 Å². The van der Waals surface area contributed by atoms with E-state index in [1.54, 1.807) is 0 Å². The summed E-state index contributed by atoms with van der Waals surface area (Å²) in [5, 5.41) is 37.7. The molecule has 0 fully saturated rings. The van der Waals surface area contributed by atoms with Gasteiger partial charge in [0.1, 0.15) is 12.2 Å². The fourth-order valence-electron chi connectivity index (χ4n) is 1.37. The number of rotatable bonds is 9. The lowest BCUT2D eigenvalue weighted by atomic mass is 10.0. The molecule has 0 aromatic carbocycles. The smallest absolute Gasteiger partial charge is 0.305 e. The lowest BCUT2D eigenvalue weighted by Gasteiger charge is -2.29. The Bertz CT molecular complexity index is 276. The van der Waals surface area contributed by atoms with E-state index in [9.17, 15) is 19.8 Å². The molecule has 20 heavy (non-hydrogen) atoms. The maximum atomic E-state index is 11.1. The van der Waals surface area contributed by atoms with Crippen LogP contribution >= 0.6 is 0 Å². The Morgan fingerprint density at radius 2 is 1.15 bits per heavy atom. The SMILES string of the molecule is CCC(=O)O[C@@H](CO)[C@@H](O)[C@H](O)[C@@H](CO)OC(=O)CC. The minimum absolute atomic E-state index is 0.0353. The van der Waals surface area contributed by atoms with Gasteiger partial charge in [-0.3, -0.25) is 9.59 Å². The van der Waals surface area contributed by atoms with Gasteiger partial charge in [0, 0.05) is 12.8 Å². The molecule has 8 heteroatoms. The third kappa shape index (κ3) is 5.83. The van der Waals surface area contributed by atoms with Crippen molar-refractivity contribution in [3.8, 4) is 0 Å². The largest absolute Gasteiger partial charge is 0.457 e. The molecule has 0 heterocycles. The van der Waals surface area contributed by atoms with Crippen molar-refractivity contribution in [3.63, 3.8) is 0 Å². The van der Waals surface area contributed by atoms with Crippen LogP contribution in [-0.2, 0) is 19.1 Å². The van der Waals surface area contributed by atoms with Crippen LogP contribution < -0.4 is 0 Å². The number of carbonyl (C=O) groups excluding carboxylic acids is 2. The summed E-state index contributed by atoms with van der Waals surface area (Å²) in [7, 11) is 0. The summed E-state index contributed by atoms with van der Waals surface area (Å²) in [4.78, 5) is 22.2. The van der Waals surface area contributed by atoms with E-state index in [0.29, 0.717) is 0 Å². The zero-order valence-corrected chi connectivity index (χ0v) is 11.6. The standard InChI is InChI=1S/C12H22O8/c1-3-9(15)19-7(5-13)11(17)12(18)8(6-14)20-10(16)4-2/h7-8,11-14,17-18H,3-6H2,1-2H3/t7-,8+,11-,12-/m1/s1. The normalized spacial score (nSPS) is 16.9. The van der Waals surface area contributed by atoms with Crippen molar-refractivity contribution in [2.75, 3.05) is 13.2 Å². The Balaban J connectivity index is 4.71. The highest BCUT2D eigenvalue weighted by molar-refractivity contribution is 5.69. The molecule has 0 aliphatic carbocycles. The van der Waals surface area contributed by atoms with Crippen molar-refractivity contribution >= 4 is 11.9 Å². The van der Waals surface area contributed by atoms with Crippen LogP contribution in [0.15, 0.2) is 0 Å². The average molecular weight is 294 g/mol. The molecule has 0 bridgehead atoms. The molecule has 0 spiro atoms. The molecule has 0 unspecified atom stereocenters. The summed E-state index contributed by atoms with van der Waals surface area (Å²) < 4.78 is 9.47. The van der Waals surface area contributed by atoms with Gasteiger partial charge in [-0.1, -0.05) is 13.8 Å². The van der Waals surface area contributed by atoms with Gasteiger partial charge >= 0.3 is 11.9 Å². The van der Waals surface area contributed by atoms with Gasteiger partial charge in [0.25, 0.3) is 0 Å². The van der Waals surface area contributed by atoms with Crippen LogP contribution in [0, 0.1) is 0 Å². The summed E-state index contributed by atoms with van der Waals surface area (Å²) in [5.74, 6) is -1.33. The second-order valence-electron chi connectivity index (χ2n) is 4.11. The number of hydrogen-bond acceptors (Lipinski definition) is 8. The summed E-state index contributed by atoms with van der Waals surface area (Å²) in [5.41, 5.74) is 0. The summed E-state index contributed by atoms with van der Waals surface area (Å²) >= 11 is 0. The zero-order chi connectivity index (χ0) is 15.7. The second kappa shape index (κ2) is 9.65. The molecule has 0 aliphatic heterocycles. The van der Waals surface area contributed by atoms with Crippen molar-refractivity contribution in [1.82, 2.24) is 0 Å². The molecule has 0 aliphatic rings. The van der Waals surface area contributed by atoms with Crippen molar-refractivity contribution in [2.45, 2.75) is 51.1 Å². The number of hydrogen-bond donors (Lipinski definition) is 4. The number of aliphatic hydroxyl groups is 4. The predicted octanol–water partition coefficient (Wildman–Crippen LogP) is -1.66. The lowest BCUT2D eigenvalue weighted by molar-refractivity contribution is -0.181. The molecule has 0 rings (SSSR count). The van der Waals surface area contributed by atoms with Gasteiger partial charge in [-0.2, -0.15) is 0 Å². The maximum absolute atomic E-state index is 11.1. The van der Waals surface area contributed by atoms with E-state index in [1.807, 2.05) is 0 Å². The van der Waals surface area contributed by atoms with Gasteiger partial charge in [-0.05, 0) is 0 Å². The molecule has 0 aromatic rings. The molecule has 4 atom stereocenters. The summed E-state index contributed by atoms with van der Waals surface area (Å²) in [6, 6.07) is 0. The van der Waals surface area contributed by atoms with E-state index in [1.165, 1.54) is 13.8 Å². The maximum Gasteiger partial charge on any atom is 0.305 e. The van der Waals surface area contributed by atoms with Crippen molar-refractivity contribution < 1.29 is 39.5 Å². The summed E-state index contributed by atoms with van der Waals surface area (Å²) in [6.07, 6.45) is -6.06. The van der Waals surface area contributed by atoms with Crippen LogP contribution in [0.4, 0.5) is 0 Å². The molecule has 118 valence electrons. The van der Waals surface area contributed by atoms with Gasteiger partial charge in [-0.15, -0.1) is 0 Å². The van der Waals surface area contributed by atoms with E-state index in [-0.39, 0.29) is 12.8 Å². The number of carbonyl (C=O) groups is 2. The minimum atomic E-state index is -1.70. The quantitative estimate of drug-likeness (QED) is 0.371. The number of esters is 2. The monoisotopic (exact) mass is 294 g/mol. The van der Waals surface area contributed by atoms with Crippen molar-refractivity contribution in [3.05, 3.63) is 0 Å². The molecule has 0 saturated carbocycles. The first-order valence-electron chi connectivity index (χ1n) is 6.37. The fraction of sp³-hybridized carbons (Fsp3) is 0.833. The first-order chi connectivity index (χ1) is 9.40. The van der Waals surface area contributed by atoms with Crippen LogP contribution in [0.25, 0.3) is 0 Å². The molecule has 0 radical (unpaired) electrons. The molecule has 0 saturated heterocycles. The molecule has 0 amide bonds. The van der Waals surface area contributed by atoms with E-state index in [4.69, 9.17) is 19.7 Å². The van der Waals surface area contributed by atoms with Crippen LogP contribution in [0.5, 0.6) is 0 Å². The van der Waals surface area contributed by atoms with Gasteiger partial charge in [0.2, 0.25) is 0 Å². The lowest BCUT2D eigenvalue weighted by Crippen LogP contribution is -2.50. The predicted molar refractivity (Wildman–Crippen MR) is 66.5 cm³/mol. The van der Waals surface area contributed by atoms with Crippen LogP contribution in [0.1, 0.15) is 26.7 Å². The van der Waals surface area contributed by atoms with Gasteiger partial charge in [0.15, 0.2) is 12.2 Å². The van der Waals surface area contributed by atoms with E-state index < -0.39 is 49.6 Å². The van der Waals surface area contributed by atoms with Crippen molar-refractivity contribution in [2.24, 2.45) is 0 Å². The molecule has 0 aromatic heterocycles. The third-order valence-corrected chi connectivity index (χ3v) is 2.61. The fourth-order valence-corrected chi connectivity index (χ4v) is 1.37. The van der Waals surface area contributed by atoms with Gasteiger partial charge in [0.05, 0.1) is 13.2 Å². The van der Waals surface area contributed by atoms with Gasteiger partial charge in [-0.25, -0.2) is 0 Å². The van der Waals surface area contributed by atoms with E-state index in [2.05, 4.69) is 0 Å².